The molecule has 0 fully saturated rings. The van der Waals surface area contributed by atoms with Crippen LogP contribution in [0.15, 0.2) is 70.2 Å². The highest BCUT2D eigenvalue weighted by molar-refractivity contribution is 6.31. The van der Waals surface area contributed by atoms with Gasteiger partial charge in [0.05, 0.1) is 17.9 Å². The molecule has 0 unspecified atom stereocenters. The molecule has 7 heteroatoms. The summed E-state index contributed by atoms with van der Waals surface area (Å²) in [4.78, 5) is 24.4. The van der Waals surface area contributed by atoms with E-state index in [9.17, 15) is 9.59 Å². The molecule has 0 aliphatic rings. The van der Waals surface area contributed by atoms with E-state index in [1.54, 1.807) is 68.4 Å². The van der Waals surface area contributed by atoms with Gasteiger partial charge in [-0.15, -0.1) is 0 Å². The first kappa shape index (κ1) is 20.4. The van der Waals surface area contributed by atoms with E-state index in [1.807, 2.05) is 6.07 Å². The topological polar surface area (TPSA) is 80.9 Å². The summed E-state index contributed by atoms with van der Waals surface area (Å²) in [7, 11) is 0. The number of ether oxygens (including phenoxy) is 1. The van der Waals surface area contributed by atoms with E-state index >= 15 is 0 Å². The van der Waals surface area contributed by atoms with Crippen molar-refractivity contribution in [3.8, 4) is 11.3 Å². The lowest BCUT2D eigenvalue weighted by atomic mass is 10.1. The van der Waals surface area contributed by atoms with Crippen LogP contribution in [-0.4, -0.2) is 24.2 Å². The van der Waals surface area contributed by atoms with Gasteiger partial charge in [-0.05, 0) is 56.3 Å². The highest BCUT2D eigenvalue weighted by Gasteiger charge is 2.18. The quantitative estimate of drug-likeness (QED) is 0.355. The molecule has 29 heavy (non-hydrogen) atoms. The summed E-state index contributed by atoms with van der Waals surface area (Å²) in [6.07, 6.45) is 1.12. The first-order chi connectivity index (χ1) is 13.9. The Kier molecular flexibility index (Phi) is 6.46. The molecule has 1 aromatic heterocycles. The van der Waals surface area contributed by atoms with Crippen molar-refractivity contribution in [2.75, 3.05) is 0 Å². The number of carbonyl (C=O) groups is 2. The van der Waals surface area contributed by atoms with Crippen LogP contribution < -0.4 is 5.43 Å². The van der Waals surface area contributed by atoms with Crippen LogP contribution >= 0.6 is 11.6 Å². The zero-order valence-electron chi connectivity index (χ0n) is 15.9. The maximum atomic E-state index is 12.4. The molecule has 1 N–H and O–H groups in total. The van der Waals surface area contributed by atoms with Crippen LogP contribution in [-0.2, 0) is 4.74 Å². The summed E-state index contributed by atoms with van der Waals surface area (Å²) in [6.45, 7) is 3.55. The van der Waals surface area contributed by atoms with Crippen LogP contribution in [0.2, 0.25) is 5.02 Å². The zero-order valence-corrected chi connectivity index (χ0v) is 16.6. The van der Waals surface area contributed by atoms with Crippen molar-refractivity contribution in [3.63, 3.8) is 0 Å². The standard InChI is InChI=1S/C22H19ClN2O4/c1-14(2)28-22(27)18-10-8-16(23)12-19(18)20-11-9-17(29-20)13-24-25-21(26)15-6-4-3-5-7-15/h3-14H,1-2H3,(H,25,26)/b24-13-. The molecule has 3 aromatic rings. The van der Waals surface area contributed by atoms with Crippen molar-refractivity contribution in [2.45, 2.75) is 20.0 Å². The number of rotatable bonds is 6. The molecule has 0 spiro atoms. The Hall–Kier alpha value is -3.38. The van der Waals surface area contributed by atoms with Crippen molar-refractivity contribution < 1.29 is 18.7 Å². The molecule has 6 nitrogen and oxygen atoms in total. The predicted octanol–water partition coefficient (Wildman–Crippen LogP) is 4.93. The number of hydrazone groups is 1. The molecule has 0 saturated carbocycles. The zero-order chi connectivity index (χ0) is 20.8. The Morgan fingerprint density at radius 2 is 1.86 bits per heavy atom. The molecule has 1 amide bonds. The van der Waals surface area contributed by atoms with Crippen LogP contribution in [0.4, 0.5) is 0 Å². The van der Waals surface area contributed by atoms with Crippen LogP contribution in [0.5, 0.6) is 0 Å². The van der Waals surface area contributed by atoms with Gasteiger partial charge in [0.15, 0.2) is 0 Å². The highest BCUT2D eigenvalue weighted by atomic mass is 35.5. The van der Waals surface area contributed by atoms with Gasteiger partial charge < -0.3 is 9.15 Å². The number of benzene rings is 2. The predicted molar refractivity (Wildman–Crippen MR) is 111 cm³/mol. The van der Waals surface area contributed by atoms with Gasteiger partial charge in [-0.25, -0.2) is 10.2 Å². The van der Waals surface area contributed by atoms with Gasteiger partial charge in [0.25, 0.3) is 5.91 Å². The third-order valence-corrected chi connectivity index (χ3v) is 4.07. The second-order valence-electron chi connectivity index (χ2n) is 6.41. The van der Waals surface area contributed by atoms with Gasteiger partial charge in [-0.3, -0.25) is 4.79 Å². The number of furan rings is 1. The molecule has 148 valence electrons. The van der Waals surface area contributed by atoms with Crippen LogP contribution in [0.3, 0.4) is 0 Å². The molecule has 3 rings (SSSR count). The lowest BCUT2D eigenvalue weighted by molar-refractivity contribution is 0.0378. The van der Waals surface area contributed by atoms with Gasteiger partial charge in [0.2, 0.25) is 0 Å². The smallest absolute Gasteiger partial charge is 0.339 e. The van der Waals surface area contributed by atoms with E-state index in [4.69, 9.17) is 20.8 Å². The van der Waals surface area contributed by atoms with Crippen LogP contribution in [0.25, 0.3) is 11.3 Å². The molecule has 0 saturated heterocycles. The van der Waals surface area contributed by atoms with Crippen molar-refractivity contribution in [2.24, 2.45) is 5.10 Å². The first-order valence-electron chi connectivity index (χ1n) is 8.93. The number of carbonyl (C=O) groups excluding carboxylic acids is 2. The van der Waals surface area contributed by atoms with Crippen LogP contribution in [0.1, 0.15) is 40.3 Å². The number of nitrogens with zero attached hydrogens (tertiary/aromatic N) is 1. The van der Waals surface area contributed by atoms with Crippen molar-refractivity contribution in [1.82, 2.24) is 5.43 Å². The average Bonchev–Trinajstić information content (AvgIpc) is 3.16. The van der Waals surface area contributed by atoms with E-state index in [-0.39, 0.29) is 12.0 Å². The van der Waals surface area contributed by atoms with E-state index in [1.165, 1.54) is 6.21 Å². The molecular formula is C22H19ClN2O4. The first-order valence-corrected chi connectivity index (χ1v) is 9.31. The normalized spacial score (nSPS) is 11.0. The van der Waals surface area contributed by atoms with Gasteiger partial charge in [-0.1, -0.05) is 29.8 Å². The maximum absolute atomic E-state index is 12.4. The fourth-order valence-corrected chi connectivity index (χ4v) is 2.72. The summed E-state index contributed by atoms with van der Waals surface area (Å²) in [6, 6.07) is 16.9. The number of nitrogens with one attached hydrogen (secondary N) is 1. The molecule has 0 atom stereocenters. The Bertz CT molecular complexity index is 1040. The van der Waals surface area contributed by atoms with Crippen LogP contribution in [0, 0.1) is 0 Å². The third-order valence-electron chi connectivity index (χ3n) is 3.83. The molecule has 0 bridgehead atoms. The Balaban J connectivity index is 1.77. The second-order valence-corrected chi connectivity index (χ2v) is 6.85. The van der Waals surface area contributed by atoms with Gasteiger partial charge >= 0.3 is 5.97 Å². The third kappa shape index (κ3) is 5.33. The molecule has 0 radical (unpaired) electrons. The van der Waals surface area contributed by atoms with E-state index in [0.29, 0.717) is 33.2 Å². The summed E-state index contributed by atoms with van der Waals surface area (Å²) in [5.41, 5.74) is 3.79. The number of amides is 1. The van der Waals surface area contributed by atoms with E-state index in [2.05, 4.69) is 10.5 Å². The summed E-state index contributed by atoms with van der Waals surface area (Å²) < 4.78 is 11.0. The minimum atomic E-state index is -0.464. The lowest BCUT2D eigenvalue weighted by Gasteiger charge is -2.11. The fourth-order valence-electron chi connectivity index (χ4n) is 2.55. The Morgan fingerprint density at radius 1 is 1.10 bits per heavy atom. The lowest BCUT2D eigenvalue weighted by Crippen LogP contribution is -2.17. The molecule has 0 aliphatic carbocycles. The van der Waals surface area contributed by atoms with Gasteiger partial charge in [0, 0.05) is 16.1 Å². The molecule has 1 heterocycles. The number of halogens is 1. The van der Waals surface area contributed by atoms with Crippen molar-refractivity contribution >= 4 is 29.7 Å². The number of esters is 1. The molecule has 2 aromatic carbocycles. The fraction of sp³-hybridized carbons (Fsp3) is 0.136. The summed E-state index contributed by atoms with van der Waals surface area (Å²) in [5.74, 6) is 0.0335. The average molecular weight is 411 g/mol. The van der Waals surface area contributed by atoms with E-state index in [0.717, 1.165) is 0 Å². The summed E-state index contributed by atoms with van der Waals surface area (Å²) >= 11 is 6.09. The number of hydrogen-bond donors (Lipinski definition) is 1. The Morgan fingerprint density at radius 3 is 2.59 bits per heavy atom. The molecule has 0 aliphatic heterocycles. The van der Waals surface area contributed by atoms with Crippen molar-refractivity contribution in [1.29, 1.82) is 0 Å². The van der Waals surface area contributed by atoms with Crippen molar-refractivity contribution in [3.05, 3.63) is 82.6 Å². The summed E-state index contributed by atoms with van der Waals surface area (Å²) in [5, 5.41) is 4.36. The maximum Gasteiger partial charge on any atom is 0.339 e. The molecular weight excluding hydrogens is 392 g/mol. The highest BCUT2D eigenvalue weighted by Crippen LogP contribution is 2.29. The largest absolute Gasteiger partial charge is 0.459 e. The van der Waals surface area contributed by atoms with Gasteiger partial charge in [-0.2, -0.15) is 5.10 Å². The van der Waals surface area contributed by atoms with Gasteiger partial charge in [0.1, 0.15) is 11.5 Å². The minimum absolute atomic E-state index is 0.251. The number of hydrogen-bond acceptors (Lipinski definition) is 5. The Labute approximate surface area is 173 Å². The van der Waals surface area contributed by atoms with E-state index < -0.39 is 5.97 Å². The second kappa shape index (κ2) is 9.21. The minimum Gasteiger partial charge on any atom is -0.459 e. The monoisotopic (exact) mass is 410 g/mol. The SMILES string of the molecule is CC(C)OC(=O)c1ccc(Cl)cc1-c1ccc(/C=N\NC(=O)c2ccccc2)o1.